The first-order chi connectivity index (χ1) is 12.1. The average Bonchev–Trinajstić information content (AvgIpc) is 2.56. The highest BCUT2D eigenvalue weighted by molar-refractivity contribution is 7.99. The summed E-state index contributed by atoms with van der Waals surface area (Å²) < 4.78 is 23.1. The Balaban J connectivity index is 0.000000405. The number of thioether (sulfide) groups is 1. The lowest BCUT2D eigenvalue weighted by Gasteiger charge is -2.06. The van der Waals surface area contributed by atoms with E-state index in [2.05, 4.69) is 38.1 Å². The standard InChI is InChI=1S/C9H12O2S.C9H12S.C2H4O2/c1-8(2)12(10,11)9-6-4-3-5-7-9;1-8(2)10-9-6-4-3-5-7-9;1-2(3)4/h3-8H,1-2H3;3-8H,1-2H3;1H3,(H,3,4). The number of hydrogen-bond donors (Lipinski definition) is 1. The highest BCUT2D eigenvalue weighted by Crippen LogP contribution is 2.21. The van der Waals surface area contributed by atoms with Crippen LogP contribution in [-0.4, -0.2) is 30.0 Å². The molecule has 0 aromatic heterocycles. The van der Waals surface area contributed by atoms with Crippen molar-refractivity contribution in [2.75, 3.05) is 0 Å². The van der Waals surface area contributed by atoms with Crippen LogP contribution in [0, 0.1) is 0 Å². The number of hydrogen-bond acceptors (Lipinski definition) is 4. The van der Waals surface area contributed by atoms with Gasteiger partial charge in [-0.05, 0) is 38.1 Å². The van der Waals surface area contributed by atoms with Crippen LogP contribution < -0.4 is 0 Å². The SMILES string of the molecule is CC(=O)O.CC(C)S(=O)(=O)c1ccccc1.CC(C)Sc1ccccc1. The lowest BCUT2D eigenvalue weighted by atomic mass is 10.4. The van der Waals surface area contributed by atoms with Gasteiger partial charge in [0.15, 0.2) is 9.84 Å². The first-order valence-electron chi connectivity index (χ1n) is 8.27. The number of carboxylic acid groups (broad SMARTS) is 1. The summed E-state index contributed by atoms with van der Waals surface area (Å²) in [6, 6.07) is 19.0. The minimum atomic E-state index is -3.08. The second-order valence-corrected chi connectivity index (χ2v) is 10.1. The fraction of sp³-hybridized carbons (Fsp3) is 0.350. The zero-order valence-electron chi connectivity index (χ0n) is 15.9. The maximum Gasteiger partial charge on any atom is 0.300 e. The van der Waals surface area contributed by atoms with Crippen molar-refractivity contribution in [2.24, 2.45) is 0 Å². The third-order valence-corrected chi connectivity index (χ3v) is 5.99. The molecule has 2 rings (SSSR count). The molecule has 0 fully saturated rings. The number of carboxylic acids is 1. The minimum absolute atomic E-state index is 0.347. The average molecular weight is 397 g/mol. The van der Waals surface area contributed by atoms with Crippen LogP contribution in [0.15, 0.2) is 70.5 Å². The minimum Gasteiger partial charge on any atom is -0.481 e. The summed E-state index contributed by atoms with van der Waals surface area (Å²) >= 11 is 1.90. The van der Waals surface area contributed by atoms with Gasteiger partial charge in [0.2, 0.25) is 0 Å². The maximum atomic E-state index is 11.5. The predicted octanol–water partition coefficient (Wildman–Crippen LogP) is 5.15. The fourth-order valence-corrected chi connectivity index (χ4v) is 3.59. The summed E-state index contributed by atoms with van der Waals surface area (Å²) in [5, 5.41) is 7.75. The second-order valence-electron chi connectivity index (χ2n) is 5.91. The Kier molecular flexibility index (Phi) is 11.7. The van der Waals surface area contributed by atoms with Gasteiger partial charge < -0.3 is 5.11 Å². The van der Waals surface area contributed by atoms with Crippen LogP contribution >= 0.6 is 11.8 Å². The first-order valence-corrected chi connectivity index (χ1v) is 10.7. The zero-order chi connectivity index (χ0) is 20.2. The topological polar surface area (TPSA) is 71.4 Å². The Hall–Kier alpha value is -1.79. The van der Waals surface area contributed by atoms with Crippen molar-refractivity contribution >= 4 is 27.6 Å². The van der Waals surface area contributed by atoms with Crippen molar-refractivity contribution in [1.82, 2.24) is 0 Å². The van der Waals surface area contributed by atoms with Gasteiger partial charge in [0, 0.05) is 17.1 Å². The molecule has 0 unspecified atom stereocenters. The zero-order valence-corrected chi connectivity index (χ0v) is 17.5. The van der Waals surface area contributed by atoms with Crippen molar-refractivity contribution in [3.8, 4) is 0 Å². The van der Waals surface area contributed by atoms with Crippen molar-refractivity contribution in [3.05, 3.63) is 60.7 Å². The van der Waals surface area contributed by atoms with E-state index in [0.29, 0.717) is 10.1 Å². The van der Waals surface area contributed by atoms with E-state index in [1.807, 2.05) is 17.8 Å². The van der Waals surface area contributed by atoms with Crippen molar-refractivity contribution in [1.29, 1.82) is 0 Å². The van der Waals surface area contributed by atoms with E-state index in [0.717, 1.165) is 6.92 Å². The number of carbonyl (C=O) groups is 1. The molecule has 26 heavy (non-hydrogen) atoms. The Morgan fingerprint density at radius 3 is 1.62 bits per heavy atom. The highest BCUT2D eigenvalue weighted by atomic mass is 32.2. The van der Waals surface area contributed by atoms with Crippen molar-refractivity contribution in [2.45, 2.75) is 54.9 Å². The first kappa shape index (κ1) is 24.2. The third-order valence-electron chi connectivity index (χ3n) is 2.81. The number of aliphatic carboxylic acids is 1. The predicted molar refractivity (Wildman–Crippen MR) is 110 cm³/mol. The summed E-state index contributed by atoms with van der Waals surface area (Å²) in [5.41, 5.74) is 0. The molecule has 0 amide bonds. The van der Waals surface area contributed by atoms with Crippen molar-refractivity contribution in [3.63, 3.8) is 0 Å². The van der Waals surface area contributed by atoms with Gasteiger partial charge in [-0.3, -0.25) is 4.79 Å². The van der Waals surface area contributed by atoms with Crippen LogP contribution in [0.25, 0.3) is 0 Å². The highest BCUT2D eigenvalue weighted by Gasteiger charge is 2.17. The van der Waals surface area contributed by atoms with E-state index >= 15 is 0 Å². The smallest absolute Gasteiger partial charge is 0.300 e. The Morgan fingerprint density at radius 1 is 0.885 bits per heavy atom. The molecule has 144 valence electrons. The monoisotopic (exact) mass is 396 g/mol. The molecule has 4 nitrogen and oxygen atoms in total. The molecule has 0 bridgehead atoms. The molecule has 0 aliphatic heterocycles. The quantitative estimate of drug-likeness (QED) is 0.724. The van der Waals surface area contributed by atoms with Gasteiger partial charge in [-0.15, -0.1) is 11.8 Å². The molecule has 0 radical (unpaired) electrons. The molecule has 0 saturated carbocycles. The van der Waals surface area contributed by atoms with Crippen LogP contribution in [0.1, 0.15) is 34.6 Å². The van der Waals surface area contributed by atoms with Crippen LogP contribution in [0.4, 0.5) is 0 Å². The lowest BCUT2D eigenvalue weighted by molar-refractivity contribution is -0.134. The molecule has 6 heteroatoms. The van der Waals surface area contributed by atoms with Crippen LogP contribution in [0.5, 0.6) is 0 Å². The fourth-order valence-electron chi connectivity index (χ4n) is 1.65. The Morgan fingerprint density at radius 2 is 1.27 bits per heavy atom. The molecular weight excluding hydrogens is 368 g/mol. The second kappa shape index (κ2) is 12.5. The van der Waals surface area contributed by atoms with E-state index in [1.54, 1.807) is 44.2 Å². The molecule has 0 saturated heterocycles. The number of benzene rings is 2. The summed E-state index contributed by atoms with van der Waals surface area (Å²) in [6.07, 6.45) is 0. The van der Waals surface area contributed by atoms with Gasteiger partial charge in [0.05, 0.1) is 10.1 Å². The van der Waals surface area contributed by atoms with E-state index in [1.165, 1.54) is 4.90 Å². The summed E-state index contributed by atoms with van der Waals surface area (Å²) in [6.45, 7) is 8.86. The third kappa shape index (κ3) is 10.9. The normalized spacial score (nSPS) is 10.4. The molecule has 2 aromatic carbocycles. The van der Waals surface area contributed by atoms with Gasteiger partial charge in [-0.1, -0.05) is 50.2 Å². The van der Waals surface area contributed by atoms with E-state index < -0.39 is 15.8 Å². The Bertz CT molecular complexity index is 721. The number of rotatable bonds is 4. The van der Waals surface area contributed by atoms with E-state index in [9.17, 15) is 8.42 Å². The largest absolute Gasteiger partial charge is 0.481 e. The van der Waals surface area contributed by atoms with E-state index in [-0.39, 0.29) is 5.25 Å². The number of sulfone groups is 1. The molecule has 0 atom stereocenters. The molecule has 0 spiro atoms. The van der Waals surface area contributed by atoms with Gasteiger partial charge >= 0.3 is 0 Å². The molecule has 0 heterocycles. The summed E-state index contributed by atoms with van der Waals surface area (Å²) in [5.74, 6) is -0.833. The van der Waals surface area contributed by atoms with Crippen molar-refractivity contribution < 1.29 is 18.3 Å². The molecule has 1 N–H and O–H groups in total. The van der Waals surface area contributed by atoms with Gasteiger partial charge in [0.25, 0.3) is 5.97 Å². The van der Waals surface area contributed by atoms with Crippen LogP contribution in [0.2, 0.25) is 0 Å². The molecule has 2 aromatic rings. The summed E-state index contributed by atoms with van der Waals surface area (Å²) in [4.78, 5) is 10.8. The van der Waals surface area contributed by atoms with Gasteiger partial charge in [0.1, 0.15) is 0 Å². The summed E-state index contributed by atoms with van der Waals surface area (Å²) in [7, 11) is -3.08. The molecular formula is C20H28O4S2. The Labute approximate surface area is 161 Å². The lowest BCUT2D eigenvalue weighted by Crippen LogP contribution is -2.13. The maximum absolute atomic E-state index is 11.5. The molecule has 0 aliphatic carbocycles. The van der Waals surface area contributed by atoms with Crippen LogP contribution in [-0.2, 0) is 14.6 Å². The molecule has 0 aliphatic rings. The van der Waals surface area contributed by atoms with Gasteiger partial charge in [-0.2, -0.15) is 0 Å². The van der Waals surface area contributed by atoms with Crippen LogP contribution in [0.3, 0.4) is 0 Å². The van der Waals surface area contributed by atoms with Gasteiger partial charge in [-0.25, -0.2) is 8.42 Å². The van der Waals surface area contributed by atoms with E-state index in [4.69, 9.17) is 9.90 Å².